The summed E-state index contributed by atoms with van der Waals surface area (Å²) in [5.41, 5.74) is 4.92. The number of amides is 1. The second-order valence-electron chi connectivity index (χ2n) is 7.76. The Morgan fingerprint density at radius 1 is 1.24 bits per heavy atom. The number of quaternary nitrogens is 1. The molecule has 156 valence electrons. The fourth-order valence-electron chi connectivity index (χ4n) is 4.00. The zero-order valence-electron chi connectivity index (χ0n) is 17.8. The molecule has 0 bridgehead atoms. The zero-order valence-corrected chi connectivity index (χ0v) is 18.6. The van der Waals surface area contributed by atoms with Crippen LogP contribution in [0.4, 0.5) is 5.00 Å². The van der Waals surface area contributed by atoms with E-state index in [0.29, 0.717) is 23.6 Å². The van der Waals surface area contributed by atoms with Crippen molar-refractivity contribution in [3.05, 3.63) is 50.9 Å². The quantitative estimate of drug-likeness (QED) is 0.684. The van der Waals surface area contributed by atoms with Crippen LogP contribution in [0.25, 0.3) is 0 Å². The molecule has 6 heteroatoms. The van der Waals surface area contributed by atoms with E-state index in [1.165, 1.54) is 26.7 Å². The molecule has 2 heterocycles. The Bertz CT molecular complexity index is 904. The highest BCUT2D eigenvalue weighted by Crippen LogP contribution is 2.35. The van der Waals surface area contributed by atoms with Gasteiger partial charge in [0.25, 0.3) is 0 Å². The highest BCUT2D eigenvalue weighted by atomic mass is 32.1. The van der Waals surface area contributed by atoms with Gasteiger partial charge in [-0.05, 0) is 43.9 Å². The molecule has 2 aromatic rings. The SMILES string of the molecule is CCC[NH+]1CCc2c(sc(NC(=O)Cc3ccc(C)cc3C)c2C(=O)OCC)C1. The smallest absolute Gasteiger partial charge is 0.341 e. The number of ether oxygens (including phenoxy) is 1. The summed E-state index contributed by atoms with van der Waals surface area (Å²) in [6.45, 7) is 11.4. The number of hydrogen-bond acceptors (Lipinski definition) is 4. The Hall–Kier alpha value is -2.18. The summed E-state index contributed by atoms with van der Waals surface area (Å²) in [7, 11) is 0. The Labute approximate surface area is 177 Å². The van der Waals surface area contributed by atoms with Crippen molar-refractivity contribution in [3.63, 3.8) is 0 Å². The first-order valence-electron chi connectivity index (χ1n) is 10.4. The summed E-state index contributed by atoms with van der Waals surface area (Å²) in [5, 5.41) is 3.65. The first kappa shape index (κ1) is 21.5. The Balaban J connectivity index is 1.83. The average molecular weight is 416 g/mol. The Morgan fingerprint density at radius 2 is 2.03 bits per heavy atom. The van der Waals surface area contributed by atoms with Gasteiger partial charge >= 0.3 is 5.97 Å². The molecule has 0 fully saturated rings. The molecule has 1 amide bonds. The van der Waals surface area contributed by atoms with Crippen LogP contribution in [0, 0.1) is 13.8 Å². The maximum absolute atomic E-state index is 12.8. The maximum atomic E-state index is 12.8. The Kier molecular flexibility index (Phi) is 7.09. The Morgan fingerprint density at radius 3 is 2.72 bits per heavy atom. The molecule has 0 saturated heterocycles. The van der Waals surface area contributed by atoms with Crippen molar-refractivity contribution in [2.45, 2.75) is 53.5 Å². The van der Waals surface area contributed by atoms with E-state index in [0.717, 1.165) is 49.2 Å². The lowest BCUT2D eigenvalue weighted by Gasteiger charge is -2.23. The van der Waals surface area contributed by atoms with E-state index in [2.05, 4.69) is 18.3 Å². The summed E-state index contributed by atoms with van der Waals surface area (Å²) in [6, 6.07) is 6.11. The average Bonchev–Trinajstić information content (AvgIpc) is 3.01. The number of carbonyl (C=O) groups is 2. The normalized spacial score (nSPS) is 15.7. The van der Waals surface area contributed by atoms with Crippen LogP contribution >= 0.6 is 11.3 Å². The number of aryl methyl sites for hydroxylation is 2. The van der Waals surface area contributed by atoms with Crippen molar-refractivity contribution >= 4 is 28.2 Å². The zero-order chi connectivity index (χ0) is 21.0. The van der Waals surface area contributed by atoms with Gasteiger partial charge in [-0.3, -0.25) is 4.79 Å². The third-order valence-corrected chi connectivity index (χ3v) is 6.56. The van der Waals surface area contributed by atoms with Crippen molar-refractivity contribution < 1.29 is 19.2 Å². The van der Waals surface area contributed by atoms with E-state index in [1.807, 2.05) is 32.9 Å². The molecule has 0 saturated carbocycles. The lowest BCUT2D eigenvalue weighted by molar-refractivity contribution is -0.915. The van der Waals surface area contributed by atoms with E-state index in [1.54, 1.807) is 0 Å². The second kappa shape index (κ2) is 9.55. The van der Waals surface area contributed by atoms with Gasteiger partial charge in [0.2, 0.25) is 5.91 Å². The third-order valence-electron chi connectivity index (χ3n) is 5.41. The molecule has 1 aromatic heterocycles. The molecule has 0 spiro atoms. The summed E-state index contributed by atoms with van der Waals surface area (Å²) >= 11 is 1.54. The van der Waals surface area contributed by atoms with Gasteiger partial charge in [0.05, 0.1) is 36.6 Å². The monoisotopic (exact) mass is 415 g/mol. The second-order valence-corrected chi connectivity index (χ2v) is 8.87. The standard InChI is InChI=1S/C23H30N2O3S/c1-5-10-25-11-9-18-19(14-25)29-22(21(18)23(27)28-6-2)24-20(26)13-17-8-7-15(3)12-16(17)4/h7-8,12H,5-6,9-11,13-14H2,1-4H3,(H,24,26)/p+1. The first-order valence-corrected chi connectivity index (χ1v) is 11.3. The van der Waals surface area contributed by atoms with Crippen molar-refractivity contribution in [2.24, 2.45) is 0 Å². The number of benzene rings is 1. The molecule has 1 aliphatic heterocycles. The molecule has 1 atom stereocenters. The van der Waals surface area contributed by atoms with Crippen molar-refractivity contribution in [3.8, 4) is 0 Å². The summed E-state index contributed by atoms with van der Waals surface area (Å²) in [4.78, 5) is 28.2. The predicted octanol–water partition coefficient (Wildman–Crippen LogP) is 3.07. The van der Waals surface area contributed by atoms with Crippen molar-refractivity contribution in [1.82, 2.24) is 0 Å². The van der Waals surface area contributed by atoms with Gasteiger partial charge in [-0.2, -0.15) is 0 Å². The number of anilines is 1. The molecule has 5 nitrogen and oxygen atoms in total. The lowest BCUT2D eigenvalue weighted by Crippen LogP contribution is -3.11. The molecule has 29 heavy (non-hydrogen) atoms. The van der Waals surface area contributed by atoms with Crippen LogP contribution in [0.3, 0.4) is 0 Å². The van der Waals surface area contributed by atoms with E-state index in [4.69, 9.17) is 4.74 Å². The minimum Gasteiger partial charge on any atom is -0.462 e. The van der Waals surface area contributed by atoms with Crippen LogP contribution in [0.1, 0.15) is 57.8 Å². The van der Waals surface area contributed by atoms with Crippen LogP contribution < -0.4 is 10.2 Å². The predicted molar refractivity (Wildman–Crippen MR) is 117 cm³/mol. The first-order chi connectivity index (χ1) is 13.9. The van der Waals surface area contributed by atoms with Crippen LogP contribution in [-0.4, -0.2) is 31.6 Å². The minimum absolute atomic E-state index is 0.0983. The highest BCUT2D eigenvalue weighted by Gasteiger charge is 2.31. The van der Waals surface area contributed by atoms with Crippen LogP contribution in [0.5, 0.6) is 0 Å². The van der Waals surface area contributed by atoms with Gasteiger partial charge in [-0.25, -0.2) is 4.79 Å². The number of hydrogen-bond donors (Lipinski definition) is 2. The van der Waals surface area contributed by atoms with Gasteiger partial charge < -0.3 is 15.0 Å². The number of nitrogens with one attached hydrogen (secondary N) is 2. The molecule has 1 aromatic carbocycles. The molecule has 3 rings (SSSR count). The van der Waals surface area contributed by atoms with Crippen molar-refractivity contribution in [1.29, 1.82) is 0 Å². The maximum Gasteiger partial charge on any atom is 0.341 e. The highest BCUT2D eigenvalue weighted by molar-refractivity contribution is 7.17. The fraction of sp³-hybridized carbons (Fsp3) is 0.478. The number of thiophene rings is 1. The molecule has 0 radical (unpaired) electrons. The molecular formula is C23H31N2O3S+. The molecular weight excluding hydrogens is 384 g/mol. The van der Waals surface area contributed by atoms with Gasteiger partial charge in [0.15, 0.2) is 0 Å². The van der Waals surface area contributed by atoms with Gasteiger partial charge in [0, 0.05) is 6.42 Å². The molecule has 2 N–H and O–H groups in total. The minimum atomic E-state index is -0.328. The van der Waals surface area contributed by atoms with Gasteiger partial charge in [0.1, 0.15) is 11.5 Å². The van der Waals surface area contributed by atoms with Crippen molar-refractivity contribution in [2.75, 3.05) is 25.0 Å². The fourth-order valence-corrected chi connectivity index (χ4v) is 5.32. The van der Waals surface area contributed by atoms with Crippen LogP contribution in [0.15, 0.2) is 18.2 Å². The topological polar surface area (TPSA) is 59.8 Å². The van der Waals surface area contributed by atoms with E-state index < -0.39 is 0 Å². The number of rotatable bonds is 7. The van der Waals surface area contributed by atoms with Crippen LogP contribution in [-0.2, 0) is 28.9 Å². The lowest BCUT2D eigenvalue weighted by atomic mass is 10.0. The summed E-state index contributed by atoms with van der Waals surface area (Å²) < 4.78 is 5.31. The van der Waals surface area contributed by atoms with Gasteiger partial charge in [-0.1, -0.05) is 30.7 Å². The molecule has 0 aliphatic carbocycles. The van der Waals surface area contributed by atoms with E-state index in [9.17, 15) is 9.59 Å². The number of fused-ring (bicyclic) bond motifs is 1. The largest absolute Gasteiger partial charge is 0.462 e. The third kappa shape index (κ3) is 5.06. The summed E-state index contributed by atoms with van der Waals surface area (Å²) in [5.74, 6) is -0.426. The van der Waals surface area contributed by atoms with Crippen LogP contribution in [0.2, 0.25) is 0 Å². The van der Waals surface area contributed by atoms with E-state index in [-0.39, 0.29) is 11.9 Å². The van der Waals surface area contributed by atoms with E-state index >= 15 is 0 Å². The van der Waals surface area contributed by atoms with Gasteiger partial charge in [-0.15, -0.1) is 11.3 Å². The summed E-state index contributed by atoms with van der Waals surface area (Å²) in [6.07, 6.45) is 2.28. The number of carbonyl (C=O) groups excluding carboxylic acids is 2. The number of esters is 1. The molecule has 1 aliphatic rings. The molecule has 1 unspecified atom stereocenters.